The van der Waals surface area contributed by atoms with Crippen LogP contribution in [0.5, 0.6) is 5.75 Å². The molecule has 2 saturated heterocycles. The fraction of sp³-hybridized carbons (Fsp3) is 0.838. The number of benzene rings is 1. The maximum Gasteiger partial charge on any atom is 0.118 e. The van der Waals surface area contributed by atoms with Crippen LogP contribution in [-0.2, 0) is 16.1 Å². The highest BCUT2D eigenvalue weighted by molar-refractivity contribution is 5.26. The van der Waals surface area contributed by atoms with Gasteiger partial charge in [-0.3, -0.25) is 10.6 Å². The summed E-state index contributed by atoms with van der Waals surface area (Å²) in [5.41, 5.74) is 1.23. The molecule has 0 radical (unpaired) electrons. The van der Waals surface area contributed by atoms with E-state index in [9.17, 15) is 5.11 Å². The Kier molecular flexibility index (Phi) is 11.6. The molecular formula is C37H61N3O4. The molecule has 8 atom stereocenters. The van der Waals surface area contributed by atoms with Crippen molar-refractivity contribution in [2.75, 3.05) is 40.0 Å². The van der Waals surface area contributed by atoms with Crippen molar-refractivity contribution in [3.8, 4) is 5.75 Å². The van der Waals surface area contributed by atoms with Crippen LogP contribution in [0.1, 0.15) is 90.0 Å². The number of piperidine rings is 1. The maximum absolute atomic E-state index is 9.86. The molecule has 3 saturated carbocycles. The van der Waals surface area contributed by atoms with Crippen LogP contribution in [0.25, 0.3) is 0 Å². The van der Waals surface area contributed by atoms with E-state index in [4.69, 9.17) is 14.2 Å². The van der Waals surface area contributed by atoms with Gasteiger partial charge in [0.15, 0.2) is 0 Å². The van der Waals surface area contributed by atoms with Gasteiger partial charge >= 0.3 is 0 Å². The van der Waals surface area contributed by atoms with Crippen LogP contribution in [0.4, 0.5) is 0 Å². The summed E-state index contributed by atoms with van der Waals surface area (Å²) in [6.45, 7) is 10.3. The molecule has 7 nitrogen and oxygen atoms in total. The van der Waals surface area contributed by atoms with Crippen LogP contribution >= 0.6 is 0 Å². The molecule has 44 heavy (non-hydrogen) atoms. The number of methoxy groups -OCH3 is 1. The Morgan fingerprint density at radius 2 is 1.59 bits per heavy atom. The average Bonchev–Trinajstić information content (AvgIpc) is 3.06. The number of nitrogens with one attached hydrogen (secondary N) is 2. The molecule has 2 heterocycles. The number of hydrogen-bond donors (Lipinski definition) is 3. The molecule has 3 aliphatic carbocycles. The Morgan fingerprint density at radius 1 is 0.864 bits per heavy atom. The number of rotatable bonds is 11. The van der Waals surface area contributed by atoms with Gasteiger partial charge in [0.25, 0.3) is 0 Å². The molecule has 8 unspecified atom stereocenters. The highest BCUT2D eigenvalue weighted by Gasteiger charge is 2.49. The summed E-state index contributed by atoms with van der Waals surface area (Å²) in [6, 6.07) is 9.62. The van der Waals surface area contributed by atoms with Crippen LogP contribution in [0.3, 0.4) is 0 Å². The molecule has 7 heteroatoms. The smallest absolute Gasteiger partial charge is 0.118 e. The summed E-state index contributed by atoms with van der Waals surface area (Å²) in [5.74, 6) is 5.22. The van der Waals surface area contributed by atoms with Gasteiger partial charge in [-0.2, -0.15) is 0 Å². The van der Waals surface area contributed by atoms with E-state index in [1.54, 1.807) is 7.11 Å². The van der Waals surface area contributed by atoms with Crippen molar-refractivity contribution in [1.82, 2.24) is 15.5 Å². The van der Waals surface area contributed by atoms with Crippen molar-refractivity contribution in [1.29, 1.82) is 0 Å². The van der Waals surface area contributed by atoms with Crippen molar-refractivity contribution >= 4 is 0 Å². The highest BCUT2D eigenvalue weighted by atomic mass is 16.5. The minimum absolute atomic E-state index is 0.152. The molecule has 5 aliphatic rings. The van der Waals surface area contributed by atoms with Crippen molar-refractivity contribution in [2.45, 2.75) is 122 Å². The van der Waals surface area contributed by atoms with Gasteiger partial charge < -0.3 is 24.2 Å². The van der Waals surface area contributed by atoms with E-state index >= 15 is 0 Å². The number of likely N-dealkylation sites (tertiary alicyclic amines) is 1. The molecule has 5 fully saturated rings. The second kappa shape index (κ2) is 15.6. The molecule has 1 aromatic rings. The van der Waals surface area contributed by atoms with E-state index in [1.165, 1.54) is 76.4 Å². The standard InChI is InChI=1S/C37H61N3O4/c1-25(41)29-8-4-27(5-9-29)23-43-21-20-40-18-16-30(17-19-40)36-35-14-10-31-22-33(13-15-34(31)37(35)39-26(2)38-36)44-24-28-6-11-32(42-3)12-7-28/h6-7,11-12,25-27,29-31,33-39,41H,4-5,8-10,13-24H2,1-3H3. The number of nitrogens with zero attached hydrogens (tertiary/aromatic N) is 1. The van der Waals surface area contributed by atoms with Gasteiger partial charge in [-0.05, 0) is 151 Å². The second-order valence-corrected chi connectivity index (χ2v) is 15.1. The SMILES string of the molecule is COc1ccc(COC2CCC3C(CCC4C(C5CCN(CCOCC6CCC(C(C)O)CC6)CC5)NC(C)NC34)C2)cc1. The Balaban J connectivity index is 0.918. The van der Waals surface area contributed by atoms with Crippen LogP contribution in [-0.4, -0.2) is 80.4 Å². The Labute approximate surface area is 267 Å². The molecule has 2 aliphatic heterocycles. The predicted octanol–water partition coefficient (Wildman–Crippen LogP) is 5.60. The summed E-state index contributed by atoms with van der Waals surface area (Å²) in [6.07, 6.45) is 14.4. The zero-order valence-corrected chi connectivity index (χ0v) is 27.8. The molecule has 0 bridgehead atoms. The summed E-state index contributed by atoms with van der Waals surface area (Å²) < 4.78 is 17.9. The first-order valence-electron chi connectivity index (χ1n) is 18.2. The monoisotopic (exact) mass is 611 g/mol. The number of hydrogen-bond acceptors (Lipinski definition) is 7. The summed E-state index contributed by atoms with van der Waals surface area (Å²) >= 11 is 0. The fourth-order valence-corrected chi connectivity index (χ4v) is 9.74. The average molecular weight is 612 g/mol. The quantitative estimate of drug-likeness (QED) is 0.282. The Morgan fingerprint density at radius 3 is 2.32 bits per heavy atom. The lowest BCUT2D eigenvalue weighted by Gasteiger charge is -2.55. The Hall–Kier alpha value is -1.22. The zero-order valence-electron chi connectivity index (χ0n) is 27.8. The maximum atomic E-state index is 9.86. The second-order valence-electron chi connectivity index (χ2n) is 15.1. The van der Waals surface area contributed by atoms with Gasteiger partial charge in [0.1, 0.15) is 5.75 Å². The first-order chi connectivity index (χ1) is 21.5. The van der Waals surface area contributed by atoms with Gasteiger partial charge in [-0.15, -0.1) is 0 Å². The van der Waals surface area contributed by atoms with E-state index in [0.29, 0.717) is 42.8 Å². The highest BCUT2D eigenvalue weighted by Crippen LogP contribution is 2.47. The van der Waals surface area contributed by atoms with Gasteiger partial charge in [0.2, 0.25) is 0 Å². The number of aliphatic hydroxyl groups excluding tert-OH is 1. The van der Waals surface area contributed by atoms with Crippen molar-refractivity contribution in [2.24, 2.45) is 35.5 Å². The topological polar surface area (TPSA) is 75.2 Å². The van der Waals surface area contributed by atoms with E-state index in [0.717, 1.165) is 62.0 Å². The third kappa shape index (κ3) is 8.19. The van der Waals surface area contributed by atoms with Crippen molar-refractivity contribution in [3.05, 3.63) is 29.8 Å². The molecule has 3 N–H and O–H groups in total. The molecular weight excluding hydrogens is 550 g/mol. The Bertz CT molecular complexity index is 991. The van der Waals surface area contributed by atoms with Crippen molar-refractivity contribution in [3.63, 3.8) is 0 Å². The lowest BCUT2D eigenvalue weighted by molar-refractivity contribution is -0.0565. The summed E-state index contributed by atoms with van der Waals surface area (Å²) in [4.78, 5) is 2.65. The predicted molar refractivity (Wildman–Crippen MR) is 176 cm³/mol. The van der Waals surface area contributed by atoms with Gasteiger partial charge in [-0.25, -0.2) is 0 Å². The molecule has 0 amide bonds. The van der Waals surface area contributed by atoms with Crippen LogP contribution in [0.2, 0.25) is 0 Å². The minimum atomic E-state index is -0.152. The third-order valence-electron chi connectivity index (χ3n) is 12.4. The van der Waals surface area contributed by atoms with E-state index < -0.39 is 0 Å². The third-order valence-corrected chi connectivity index (χ3v) is 12.4. The summed E-state index contributed by atoms with van der Waals surface area (Å²) in [7, 11) is 1.72. The lowest BCUT2D eigenvalue weighted by Crippen LogP contribution is -2.68. The molecule has 248 valence electrons. The van der Waals surface area contributed by atoms with Gasteiger partial charge in [0, 0.05) is 25.2 Å². The molecule has 6 rings (SSSR count). The van der Waals surface area contributed by atoms with Crippen LogP contribution in [0, 0.1) is 35.5 Å². The van der Waals surface area contributed by atoms with Crippen LogP contribution in [0.15, 0.2) is 24.3 Å². The molecule has 0 aromatic heterocycles. The molecule has 1 aromatic carbocycles. The summed E-state index contributed by atoms with van der Waals surface area (Å²) in [5, 5.41) is 17.9. The van der Waals surface area contributed by atoms with E-state index in [1.807, 2.05) is 19.1 Å². The molecule has 0 spiro atoms. The van der Waals surface area contributed by atoms with Gasteiger partial charge in [-0.1, -0.05) is 12.1 Å². The fourth-order valence-electron chi connectivity index (χ4n) is 9.74. The number of fused-ring (bicyclic) bond motifs is 3. The normalized spacial score (nSPS) is 37.6. The van der Waals surface area contributed by atoms with Crippen LogP contribution < -0.4 is 15.4 Å². The van der Waals surface area contributed by atoms with E-state index in [-0.39, 0.29) is 6.10 Å². The van der Waals surface area contributed by atoms with Gasteiger partial charge in [0.05, 0.1) is 38.7 Å². The largest absolute Gasteiger partial charge is 0.497 e. The number of aliphatic hydroxyl groups is 1. The number of ether oxygens (including phenoxy) is 3. The minimum Gasteiger partial charge on any atom is -0.497 e. The van der Waals surface area contributed by atoms with Crippen molar-refractivity contribution < 1.29 is 19.3 Å². The lowest BCUT2D eigenvalue weighted by atomic mass is 9.60. The zero-order chi connectivity index (χ0) is 30.5. The first-order valence-corrected chi connectivity index (χ1v) is 18.2. The van der Waals surface area contributed by atoms with E-state index in [2.05, 4.69) is 34.6 Å². The first kappa shape index (κ1) is 32.7.